The maximum Gasteiger partial charge on any atom is 0.252 e. The highest BCUT2D eigenvalue weighted by atomic mass is 15.3. The third kappa shape index (κ3) is 5.93. The Morgan fingerprint density at radius 3 is 1.81 bits per heavy atom. The van der Waals surface area contributed by atoms with Crippen LogP contribution in [0.15, 0.2) is 152 Å². The zero-order valence-electron chi connectivity index (χ0n) is 38.7. The molecule has 1 saturated carbocycles. The first-order chi connectivity index (χ1) is 30.2. The topological polar surface area (TPSA) is 9.72 Å². The molecule has 2 unspecified atom stereocenters. The van der Waals surface area contributed by atoms with Crippen molar-refractivity contribution in [1.29, 1.82) is 0 Å². The molecule has 7 aromatic carbocycles. The van der Waals surface area contributed by atoms with E-state index in [9.17, 15) is 0 Å². The van der Waals surface area contributed by atoms with E-state index in [1.807, 2.05) is 0 Å². The van der Waals surface area contributed by atoms with E-state index in [1.165, 1.54) is 98.3 Å². The van der Waals surface area contributed by atoms with Crippen molar-refractivity contribution in [2.24, 2.45) is 0 Å². The maximum atomic E-state index is 2.87. The lowest BCUT2D eigenvalue weighted by molar-refractivity contribution is 0.195. The normalized spacial score (nSPS) is 19.6. The van der Waals surface area contributed by atoms with Gasteiger partial charge in [0, 0.05) is 50.8 Å². The number of benzene rings is 7. The average Bonchev–Trinajstić information content (AvgIpc) is 3.48. The Labute approximate surface area is 376 Å². The second-order valence-corrected chi connectivity index (χ2v) is 21.4. The average molecular weight is 822 g/mol. The van der Waals surface area contributed by atoms with Gasteiger partial charge in [-0.05, 0) is 142 Å². The highest BCUT2D eigenvalue weighted by molar-refractivity contribution is 7.00. The Balaban J connectivity index is 1.26. The van der Waals surface area contributed by atoms with Gasteiger partial charge in [0.05, 0.1) is 11.2 Å². The van der Waals surface area contributed by atoms with Crippen molar-refractivity contribution in [3.8, 4) is 11.1 Å². The summed E-state index contributed by atoms with van der Waals surface area (Å²) in [6.45, 7) is 21.8. The van der Waals surface area contributed by atoms with Crippen molar-refractivity contribution in [2.75, 3.05) is 14.7 Å². The number of hydrogen-bond acceptors (Lipinski definition) is 3. The molecule has 0 spiro atoms. The van der Waals surface area contributed by atoms with Crippen LogP contribution < -0.4 is 31.1 Å². The van der Waals surface area contributed by atoms with Crippen molar-refractivity contribution in [3.05, 3.63) is 174 Å². The Kier molecular flexibility index (Phi) is 8.85. The molecule has 0 amide bonds. The van der Waals surface area contributed by atoms with Crippen molar-refractivity contribution in [3.63, 3.8) is 0 Å². The van der Waals surface area contributed by atoms with Gasteiger partial charge < -0.3 is 14.7 Å². The summed E-state index contributed by atoms with van der Waals surface area (Å²) < 4.78 is 0. The summed E-state index contributed by atoms with van der Waals surface area (Å²) in [6.07, 6.45) is 4.92. The molecule has 63 heavy (non-hydrogen) atoms. The summed E-state index contributed by atoms with van der Waals surface area (Å²) in [7, 11) is 0. The zero-order chi connectivity index (χ0) is 43.6. The fourth-order valence-corrected chi connectivity index (χ4v) is 11.9. The molecule has 0 N–H and O–H groups in total. The molecular weight excluding hydrogens is 761 g/mol. The second kappa shape index (κ2) is 14.0. The van der Waals surface area contributed by atoms with Crippen molar-refractivity contribution in [2.45, 2.75) is 110 Å². The summed E-state index contributed by atoms with van der Waals surface area (Å²) in [6, 6.07) is 57.7. The molecule has 3 aliphatic heterocycles. The number of rotatable bonds is 5. The summed E-state index contributed by atoms with van der Waals surface area (Å²) in [5.41, 5.74) is 22.3. The molecule has 3 nitrogen and oxygen atoms in total. The van der Waals surface area contributed by atoms with E-state index in [2.05, 4.69) is 229 Å². The minimum atomic E-state index is -0.0459. The molecule has 4 aliphatic rings. The Hall–Kier alpha value is -6.00. The Morgan fingerprint density at radius 2 is 1.16 bits per heavy atom. The van der Waals surface area contributed by atoms with E-state index in [1.54, 1.807) is 5.56 Å². The number of anilines is 8. The van der Waals surface area contributed by atoms with Gasteiger partial charge in [-0.15, -0.1) is 0 Å². The van der Waals surface area contributed by atoms with Crippen molar-refractivity contribution in [1.82, 2.24) is 0 Å². The summed E-state index contributed by atoms with van der Waals surface area (Å²) >= 11 is 0. The van der Waals surface area contributed by atoms with Crippen LogP contribution in [0.5, 0.6) is 0 Å². The quantitative estimate of drug-likeness (QED) is 0.160. The van der Waals surface area contributed by atoms with Crippen LogP contribution in [0.4, 0.5) is 45.5 Å². The number of hydrogen-bond donors (Lipinski definition) is 0. The Bertz CT molecular complexity index is 2890. The monoisotopic (exact) mass is 821 g/mol. The molecule has 2 atom stereocenters. The van der Waals surface area contributed by atoms with Crippen LogP contribution in [0, 0.1) is 6.92 Å². The minimum absolute atomic E-state index is 0.00456. The molecule has 314 valence electrons. The van der Waals surface area contributed by atoms with Gasteiger partial charge in [0.25, 0.3) is 6.71 Å². The van der Waals surface area contributed by atoms with Gasteiger partial charge in [-0.1, -0.05) is 152 Å². The first-order valence-corrected chi connectivity index (χ1v) is 23.4. The van der Waals surface area contributed by atoms with Gasteiger partial charge in [0.1, 0.15) is 0 Å². The molecule has 1 fully saturated rings. The third-order valence-electron chi connectivity index (χ3n) is 15.5. The van der Waals surface area contributed by atoms with Gasteiger partial charge in [-0.3, -0.25) is 0 Å². The van der Waals surface area contributed by atoms with Crippen molar-refractivity contribution < 1.29 is 0 Å². The largest absolute Gasteiger partial charge is 0.335 e. The SMILES string of the molecule is Cc1cc2c3c(c1)N1c4c(cc(C(C)(C)C)cc4C4(C)CCCCC14C)B3c1ccc(N(c3ccccc3)c3ccccc3)cc1N2c1ccc(C(C)(C)C)cc1-c1ccccc1. The highest BCUT2D eigenvalue weighted by Gasteiger charge is 2.61. The smallest absolute Gasteiger partial charge is 0.252 e. The molecule has 4 heteroatoms. The predicted octanol–water partition coefficient (Wildman–Crippen LogP) is 14.1. The van der Waals surface area contributed by atoms with Gasteiger partial charge in [0.2, 0.25) is 0 Å². The Morgan fingerprint density at radius 1 is 0.540 bits per heavy atom. The number of fused-ring (bicyclic) bond motifs is 7. The lowest BCUT2D eigenvalue weighted by atomic mass is 9.33. The lowest BCUT2D eigenvalue weighted by Gasteiger charge is -2.53. The first-order valence-electron chi connectivity index (χ1n) is 23.4. The van der Waals surface area contributed by atoms with Gasteiger partial charge in [-0.2, -0.15) is 0 Å². The van der Waals surface area contributed by atoms with E-state index < -0.39 is 0 Å². The van der Waals surface area contributed by atoms with E-state index in [4.69, 9.17) is 0 Å². The summed E-state index contributed by atoms with van der Waals surface area (Å²) in [5, 5.41) is 0. The van der Waals surface area contributed by atoms with Crippen LogP contribution in [0.2, 0.25) is 0 Å². The number of para-hydroxylation sites is 2. The summed E-state index contributed by atoms with van der Waals surface area (Å²) in [4.78, 5) is 7.95. The first kappa shape index (κ1) is 39.8. The van der Waals surface area contributed by atoms with Crippen molar-refractivity contribution >= 4 is 68.6 Å². The molecule has 1 aliphatic carbocycles. The van der Waals surface area contributed by atoms with E-state index in [-0.39, 0.29) is 28.5 Å². The lowest BCUT2D eigenvalue weighted by Crippen LogP contribution is -2.64. The molecule has 0 bridgehead atoms. The number of nitrogens with zero attached hydrogens (tertiary/aromatic N) is 3. The predicted molar refractivity (Wildman–Crippen MR) is 271 cm³/mol. The van der Waals surface area contributed by atoms with Crippen LogP contribution >= 0.6 is 0 Å². The molecule has 7 aromatic rings. The molecular formula is C59H60BN3. The van der Waals surface area contributed by atoms with E-state index in [0.717, 1.165) is 17.1 Å². The molecule has 11 rings (SSSR count). The van der Waals surface area contributed by atoms with Crippen LogP contribution in [0.3, 0.4) is 0 Å². The molecule has 3 heterocycles. The minimum Gasteiger partial charge on any atom is -0.335 e. The van der Waals surface area contributed by atoms with Crippen LogP contribution in [-0.4, -0.2) is 12.3 Å². The van der Waals surface area contributed by atoms with Crippen LogP contribution in [-0.2, 0) is 16.2 Å². The van der Waals surface area contributed by atoms with Crippen LogP contribution in [0.1, 0.15) is 103 Å². The number of aryl methyl sites for hydroxylation is 1. The van der Waals surface area contributed by atoms with Gasteiger partial charge in [-0.25, -0.2) is 0 Å². The third-order valence-corrected chi connectivity index (χ3v) is 15.5. The second-order valence-electron chi connectivity index (χ2n) is 21.4. The fraction of sp³-hybridized carbons (Fsp3) is 0.288. The zero-order valence-corrected chi connectivity index (χ0v) is 38.7. The highest BCUT2D eigenvalue weighted by Crippen LogP contribution is 2.62. The van der Waals surface area contributed by atoms with Crippen LogP contribution in [0.25, 0.3) is 11.1 Å². The maximum absolute atomic E-state index is 2.87. The van der Waals surface area contributed by atoms with E-state index in [0.29, 0.717) is 0 Å². The van der Waals surface area contributed by atoms with E-state index >= 15 is 0 Å². The van der Waals surface area contributed by atoms with Gasteiger partial charge >= 0.3 is 0 Å². The van der Waals surface area contributed by atoms with Gasteiger partial charge in [0.15, 0.2) is 0 Å². The molecule has 0 aromatic heterocycles. The fourth-order valence-electron chi connectivity index (χ4n) is 11.9. The molecule has 0 saturated heterocycles. The summed E-state index contributed by atoms with van der Waals surface area (Å²) in [5.74, 6) is 0. The standard InChI is InChI=1S/C59H60BN3/c1-39-33-52-54-53(34-39)63-55-47(58(8)31-19-20-32-59(58,63)9)36-42(57(5,6)7)37-49(55)60(54)48-29-28-45(61(43-23-15-11-16-24-43)44-25-17-12-18-26-44)38-51(48)62(52)50-30-27-41(56(2,3)4)35-46(50)40-21-13-10-14-22-40/h10-18,21-30,33-38H,19-20,31-32H2,1-9H3. The molecule has 0 radical (unpaired) electrons.